The van der Waals surface area contributed by atoms with Gasteiger partial charge in [0.05, 0.1) is 19.8 Å². The number of hydrogen-bond acceptors (Lipinski definition) is 8. The molecule has 3 aromatic carbocycles. The van der Waals surface area contributed by atoms with Crippen LogP contribution >= 0.6 is 11.8 Å². The number of hydrogen-bond donors (Lipinski definition) is 1. The van der Waals surface area contributed by atoms with Crippen molar-refractivity contribution < 1.29 is 23.7 Å². The number of carbonyl (C=O) groups is 1. The van der Waals surface area contributed by atoms with Crippen LogP contribution in [0.15, 0.2) is 82.4 Å². The third-order valence-corrected chi connectivity index (χ3v) is 6.94. The molecular formula is C29H26N4O5S. The zero-order valence-electron chi connectivity index (χ0n) is 21.6. The number of hydrazone groups is 1. The summed E-state index contributed by atoms with van der Waals surface area (Å²) in [5.74, 6) is 1.97. The van der Waals surface area contributed by atoms with E-state index in [0.29, 0.717) is 46.2 Å². The number of carbonyl (C=O) groups excluding carboxylic acids is 1. The number of thioether (sulfide) groups is 1. The van der Waals surface area contributed by atoms with E-state index in [9.17, 15) is 4.79 Å². The lowest BCUT2D eigenvalue weighted by Crippen LogP contribution is -2.35. The molecule has 1 N–H and O–H groups in total. The van der Waals surface area contributed by atoms with Crippen LogP contribution in [0.5, 0.6) is 23.0 Å². The van der Waals surface area contributed by atoms with E-state index in [4.69, 9.17) is 24.4 Å². The highest BCUT2D eigenvalue weighted by Crippen LogP contribution is 2.33. The lowest BCUT2D eigenvalue weighted by Gasteiger charge is -2.20. The Kier molecular flexibility index (Phi) is 7.64. The van der Waals surface area contributed by atoms with E-state index < -0.39 is 5.91 Å². The molecule has 1 amide bonds. The number of nitrogens with zero attached hydrogens (tertiary/aromatic N) is 3. The van der Waals surface area contributed by atoms with Gasteiger partial charge >= 0.3 is 0 Å². The maximum absolute atomic E-state index is 12.8. The standard InChI is InChI=1S/C29H26N4O5S/c1-18-6-4-5-7-22(18)28-32-33-26(30)23(27(34)31-29(33)39-28)16-19-8-13-24(25(17-19)36-3)38-15-14-37-21-11-9-20(35-2)10-12-21/h4-13,16-17,30H,14-15H2,1-3H3/b23-16-,30-26?. The van der Waals surface area contributed by atoms with Crippen molar-refractivity contribution >= 4 is 39.8 Å². The zero-order valence-corrected chi connectivity index (χ0v) is 22.5. The summed E-state index contributed by atoms with van der Waals surface area (Å²) in [7, 11) is 3.16. The molecule has 0 fully saturated rings. The fourth-order valence-corrected chi connectivity index (χ4v) is 4.94. The van der Waals surface area contributed by atoms with Crippen LogP contribution in [-0.2, 0) is 4.79 Å². The number of fused-ring (bicyclic) bond motifs is 1. The summed E-state index contributed by atoms with van der Waals surface area (Å²) in [4.78, 5) is 17.0. The van der Waals surface area contributed by atoms with Crippen molar-refractivity contribution in [3.05, 3.63) is 89.0 Å². The number of aryl methyl sites for hydroxylation is 1. The Morgan fingerprint density at radius 3 is 2.41 bits per heavy atom. The van der Waals surface area contributed by atoms with Crippen LogP contribution < -0.4 is 18.9 Å². The minimum atomic E-state index is -0.491. The molecular weight excluding hydrogens is 516 g/mol. The number of amides is 1. The Morgan fingerprint density at radius 2 is 1.67 bits per heavy atom. The number of ether oxygens (including phenoxy) is 4. The van der Waals surface area contributed by atoms with Crippen LogP contribution in [-0.4, -0.2) is 54.4 Å². The number of rotatable bonds is 9. The fraction of sp³-hybridized carbons (Fsp3) is 0.172. The minimum Gasteiger partial charge on any atom is -0.497 e. The summed E-state index contributed by atoms with van der Waals surface area (Å²) >= 11 is 1.28. The number of benzene rings is 3. The second-order valence-corrected chi connectivity index (χ2v) is 9.48. The minimum absolute atomic E-state index is 0.0314. The van der Waals surface area contributed by atoms with Crippen molar-refractivity contribution in [2.24, 2.45) is 10.1 Å². The molecule has 0 saturated heterocycles. The highest BCUT2D eigenvalue weighted by molar-refractivity contribution is 8.27. The molecule has 2 aliphatic heterocycles. The Balaban J connectivity index is 1.27. The van der Waals surface area contributed by atoms with Gasteiger partial charge in [0.25, 0.3) is 5.91 Å². The largest absolute Gasteiger partial charge is 0.497 e. The van der Waals surface area contributed by atoms with Gasteiger partial charge in [-0.3, -0.25) is 10.2 Å². The highest BCUT2D eigenvalue weighted by atomic mass is 32.2. The zero-order chi connectivity index (χ0) is 27.4. The van der Waals surface area contributed by atoms with Gasteiger partial charge in [0, 0.05) is 5.56 Å². The van der Waals surface area contributed by atoms with Crippen molar-refractivity contribution in [2.45, 2.75) is 6.92 Å². The van der Waals surface area contributed by atoms with Gasteiger partial charge in [-0.1, -0.05) is 30.3 Å². The summed E-state index contributed by atoms with van der Waals surface area (Å²) in [5, 5.41) is 15.7. The van der Waals surface area contributed by atoms with E-state index in [1.165, 1.54) is 16.8 Å². The third kappa shape index (κ3) is 5.65. The lowest BCUT2D eigenvalue weighted by molar-refractivity contribution is -0.114. The Morgan fingerprint density at radius 1 is 0.923 bits per heavy atom. The molecule has 0 aromatic heterocycles. The molecule has 0 unspecified atom stereocenters. The molecule has 2 heterocycles. The number of methoxy groups -OCH3 is 2. The summed E-state index contributed by atoms with van der Waals surface area (Å²) in [6, 6.07) is 20.4. The van der Waals surface area contributed by atoms with Gasteiger partial charge in [-0.15, -0.1) is 0 Å². The quantitative estimate of drug-likeness (QED) is 0.295. The van der Waals surface area contributed by atoms with E-state index in [1.807, 2.05) is 55.5 Å². The maximum atomic E-state index is 12.8. The molecule has 10 heteroatoms. The van der Waals surface area contributed by atoms with Crippen molar-refractivity contribution in [2.75, 3.05) is 27.4 Å². The Labute approximate surface area is 230 Å². The van der Waals surface area contributed by atoms with E-state index in [1.54, 1.807) is 38.5 Å². The monoisotopic (exact) mass is 542 g/mol. The smallest absolute Gasteiger partial charge is 0.283 e. The normalized spacial score (nSPS) is 15.6. The summed E-state index contributed by atoms with van der Waals surface area (Å²) < 4.78 is 22.2. The topological polar surface area (TPSA) is 106 Å². The van der Waals surface area contributed by atoms with Crippen LogP contribution in [0.4, 0.5) is 0 Å². The van der Waals surface area contributed by atoms with Gasteiger partial charge in [0.15, 0.2) is 17.3 Å². The molecule has 5 rings (SSSR count). The molecule has 39 heavy (non-hydrogen) atoms. The number of aliphatic imine (C=N–C) groups is 1. The summed E-state index contributed by atoms with van der Waals surface area (Å²) in [5.41, 5.74) is 2.80. The fourth-order valence-electron chi connectivity index (χ4n) is 3.96. The van der Waals surface area contributed by atoms with Crippen LogP contribution in [0.2, 0.25) is 0 Å². The van der Waals surface area contributed by atoms with Crippen LogP contribution in [0, 0.1) is 12.3 Å². The van der Waals surface area contributed by atoms with E-state index in [-0.39, 0.29) is 11.4 Å². The third-order valence-electron chi connectivity index (χ3n) is 6.00. The van der Waals surface area contributed by atoms with Gasteiger partial charge < -0.3 is 18.9 Å². The van der Waals surface area contributed by atoms with Crippen LogP contribution in [0.25, 0.3) is 6.08 Å². The first-order valence-corrected chi connectivity index (χ1v) is 12.9. The van der Waals surface area contributed by atoms with Gasteiger partial charge in [-0.05, 0) is 72.3 Å². The predicted molar refractivity (Wildman–Crippen MR) is 152 cm³/mol. The summed E-state index contributed by atoms with van der Waals surface area (Å²) in [6.45, 7) is 2.64. The molecule has 3 aromatic rings. The molecule has 9 nitrogen and oxygen atoms in total. The first-order chi connectivity index (χ1) is 19.0. The van der Waals surface area contributed by atoms with Gasteiger partial charge in [-0.2, -0.15) is 15.1 Å². The average Bonchev–Trinajstić information content (AvgIpc) is 3.38. The molecule has 198 valence electrons. The maximum Gasteiger partial charge on any atom is 0.283 e. The van der Waals surface area contributed by atoms with Gasteiger partial charge in [0.2, 0.25) is 5.17 Å². The molecule has 0 bridgehead atoms. The van der Waals surface area contributed by atoms with Gasteiger partial charge in [-0.25, -0.2) is 0 Å². The predicted octanol–water partition coefficient (Wildman–Crippen LogP) is 5.14. The summed E-state index contributed by atoms with van der Waals surface area (Å²) in [6.07, 6.45) is 1.61. The number of nitrogens with one attached hydrogen (secondary N) is 1. The highest BCUT2D eigenvalue weighted by Gasteiger charge is 2.36. The van der Waals surface area contributed by atoms with Crippen molar-refractivity contribution in [1.82, 2.24) is 5.01 Å². The van der Waals surface area contributed by atoms with E-state index >= 15 is 0 Å². The first-order valence-electron chi connectivity index (χ1n) is 12.1. The molecule has 0 aliphatic carbocycles. The number of amidine groups is 2. The molecule has 0 saturated carbocycles. The van der Waals surface area contributed by atoms with Crippen LogP contribution in [0.1, 0.15) is 16.7 Å². The Bertz CT molecular complexity index is 1510. The molecule has 2 aliphatic rings. The molecule has 0 atom stereocenters. The molecule has 0 radical (unpaired) electrons. The van der Waals surface area contributed by atoms with Gasteiger partial charge in [0.1, 0.15) is 29.8 Å². The lowest BCUT2D eigenvalue weighted by atomic mass is 10.1. The van der Waals surface area contributed by atoms with E-state index in [0.717, 1.165) is 16.9 Å². The Hall–Kier alpha value is -4.57. The van der Waals surface area contributed by atoms with E-state index in [2.05, 4.69) is 10.1 Å². The van der Waals surface area contributed by atoms with Crippen molar-refractivity contribution in [3.63, 3.8) is 0 Å². The van der Waals surface area contributed by atoms with Crippen molar-refractivity contribution in [1.29, 1.82) is 5.41 Å². The SMILES string of the molecule is COc1ccc(OCCOc2ccc(/C=C3/C(=N)N4N=C(c5ccccc5C)SC4=NC3=O)cc2OC)cc1. The van der Waals surface area contributed by atoms with Crippen LogP contribution in [0.3, 0.4) is 0 Å². The second kappa shape index (κ2) is 11.4. The average molecular weight is 543 g/mol. The first kappa shape index (κ1) is 26.1. The second-order valence-electron chi connectivity index (χ2n) is 8.52. The molecule has 0 spiro atoms. The van der Waals surface area contributed by atoms with Crippen molar-refractivity contribution in [3.8, 4) is 23.0 Å².